The van der Waals surface area contributed by atoms with Gasteiger partial charge in [0.2, 0.25) is 0 Å². The number of rotatable bonds is 3. The van der Waals surface area contributed by atoms with Crippen LogP contribution in [0.2, 0.25) is 0 Å². The molecule has 3 aromatic rings. The Kier molecular flexibility index (Phi) is 4.15. The van der Waals surface area contributed by atoms with E-state index in [1.807, 2.05) is 30.3 Å². The van der Waals surface area contributed by atoms with Crippen molar-refractivity contribution in [2.75, 3.05) is 18.5 Å². The van der Waals surface area contributed by atoms with Crippen LogP contribution in [0.4, 0.5) is 5.69 Å². The third-order valence-electron chi connectivity index (χ3n) is 4.04. The molecule has 0 saturated heterocycles. The van der Waals surface area contributed by atoms with E-state index in [0.717, 1.165) is 5.56 Å². The molecule has 0 aliphatic carbocycles. The Morgan fingerprint density at radius 3 is 2.46 bits per heavy atom. The molecule has 2 N–H and O–H groups in total. The van der Waals surface area contributed by atoms with Gasteiger partial charge in [0, 0.05) is 17.4 Å². The van der Waals surface area contributed by atoms with Crippen LogP contribution < -0.4 is 20.3 Å². The fourth-order valence-electron chi connectivity index (χ4n) is 2.76. The number of carbonyl (C=O) groups excluding carboxylic acids is 1. The standard InChI is InChI=1S/C20H16N2O4/c23-19(21-14-6-9-17-18(12-14)26-11-10-25-17)15-7-8-16(22-20(15)24)13-4-2-1-3-5-13/h1-9,12H,10-11H2,(H,21,23)(H,22,24). The van der Waals surface area contributed by atoms with E-state index in [1.54, 1.807) is 24.3 Å². The third-order valence-corrected chi connectivity index (χ3v) is 4.04. The minimum Gasteiger partial charge on any atom is -0.486 e. The maximum Gasteiger partial charge on any atom is 0.261 e. The fourth-order valence-corrected chi connectivity index (χ4v) is 2.76. The molecule has 1 aliphatic rings. The lowest BCUT2D eigenvalue weighted by Crippen LogP contribution is -2.23. The first-order valence-corrected chi connectivity index (χ1v) is 8.20. The van der Waals surface area contributed by atoms with Gasteiger partial charge in [-0.25, -0.2) is 0 Å². The Hall–Kier alpha value is -3.54. The van der Waals surface area contributed by atoms with Crippen molar-refractivity contribution in [1.82, 2.24) is 4.98 Å². The third kappa shape index (κ3) is 3.17. The highest BCUT2D eigenvalue weighted by molar-refractivity contribution is 6.04. The highest BCUT2D eigenvalue weighted by Crippen LogP contribution is 2.32. The van der Waals surface area contributed by atoms with Crippen LogP contribution in [0.25, 0.3) is 11.3 Å². The zero-order valence-corrected chi connectivity index (χ0v) is 13.8. The lowest BCUT2D eigenvalue weighted by Gasteiger charge is -2.19. The molecule has 1 amide bonds. The second-order valence-corrected chi connectivity index (χ2v) is 5.79. The van der Waals surface area contributed by atoms with E-state index >= 15 is 0 Å². The van der Waals surface area contributed by atoms with Crippen molar-refractivity contribution in [2.45, 2.75) is 0 Å². The topological polar surface area (TPSA) is 80.4 Å². The first kappa shape index (κ1) is 16.0. The van der Waals surface area contributed by atoms with Gasteiger partial charge in [-0.3, -0.25) is 9.59 Å². The average molecular weight is 348 g/mol. The normalized spacial score (nSPS) is 12.5. The maximum atomic E-state index is 12.4. The summed E-state index contributed by atoms with van der Waals surface area (Å²) in [6.07, 6.45) is 0. The van der Waals surface area contributed by atoms with Crippen molar-refractivity contribution in [3.63, 3.8) is 0 Å². The van der Waals surface area contributed by atoms with Gasteiger partial charge < -0.3 is 19.8 Å². The Morgan fingerprint density at radius 2 is 1.69 bits per heavy atom. The van der Waals surface area contributed by atoms with Crippen molar-refractivity contribution < 1.29 is 14.3 Å². The van der Waals surface area contributed by atoms with E-state index in [4.69, 9.17) is 9.47 Å². The molecule has 0 atom stereocenters. The molecule has 0 unspecified atom stereocenters. The Balaban J connectivity index is 1.56. The van der Waals surface area contributed by atoms with E-state index in [0.29, 0.717) is 36.1 Å². The summed E-state index contributed by atoms with van der Waals surface area (Å²) < 4.78 is 10.9. The molecular formula is C20H16N2O4. The van der Waals surface area contributed by atoms with Gasteiger partial charge in [0.1, 0.15) is 18.8 Å². The van der Waals surface area contributed by atoms with Crippen LogP contribution in [0.1, 0.15) is 10.4 Å². The maximum absolute atomic E-state index is 12.4. The van der Waals surface area contributed by atoms with Gasteiger partial charge in [0.05, 0.1) is 0 Å². The molecule has 0 saturated carbocycles. The molecule has 26 heavy (non-hydrogen) atoms. The number of anilines is 1. The monoisotopic (exact) mass is 348 g/mol. The smallest absolute Gasteiger partial charge is 0.261 e. The second-order valence-electron chi connectivity index (χ2n) is 5.79. The van der Waals surface area contributed by atoms with E-state index in [9.17, 15) is 9.59 Å². The number of carbonyl (C=O) groups is 1. The summed E-state index contributed by atoms with van der Waals surface area (Å²) in [4.78, 5) is 27.5. The predicted molar refractivity (Wildman–Crippen MR) is 97.9 cm³/mol. The number of ether oxygens (including phenoxy) is 2. The molecule has 2 heterocycles. The van der Waals surface area contributed by atoms with Crippen LogP contribution in [0, 0.1) is 0 Å². The predicted octanol–water partition coefficient (Wildman–Crippen LogP) is 3.07. The lowest BCUT2D eigenvalue weighted by atomic mass is 10.1. The molecule has 6 heteroatoms. The molecule has 0 spiro atoms. The summed E-state index contributed by atoms with van der Waals surface area (Å²) >= 11 is 0. The van der Waals surface area contributed by atoms with E-state index in [-0.39, 0.29) is 5.56 Å². The van der Waals surface area contributed by atoms with Gasteiger partial charge in [0.25, 0.3) is 11.5 Å². The Bertz CT molecular complexity index is 1010. The summed E-state index contributed by atoms with van der Waals surface area (Å²) in [5.74, 6) is 0.726. The van der Waals surface area contributed by atoms with Crippen LogP contribution in [0.3, 0.4) is 0 Å². The number of aromatic amines is 1. The van der Waals surface area contributed by atoms with Gasteiger partial charge in [-0.1, -0.05) is 30.3 Å². The molecule has 1 aliphatic heterocycles. The molecule has 130 valence electrons. The van der Waals surface area contributed by atoms with E-state index in [2.05, 4.69) is 10.3 Å². The number of fused-ring (bicyclic) bond motifs is 1. The van der Waals surface area contributed by atoms with Gasteiger partial charge in [-0.15, -0.1) is 0 Å². The molecular weight excluding hydrogens is 332 g/mol. The Labute approximate surface area is 149 Å². The van der Waals surface area contributed by atoms with Crippen molar-refractivity contribution in [3.8, 4) is 22.8 Å². The SMILES string of the molecule is O=C(Nc1ccc2c(c1)OCCO2)c1ccc(-c2ccccc2)[nH]c1=O. The molecule has 4 rings (SSSR count). The van der Waals surface area contributed by atoms with Crippen LogP contribution >= 0.6 is 0 Å². The van der Waals surface area contributed by atoms with Crippen LogP contribution in [-0.4, -0.2) is 24.1 Å². The van der Waals surface area contributed by atoms with E-state index in [1.165, 1.54) is 6.07 Å². The number of aromatic nitrogens is 1. The first-order chi connectivity index (χ1) is 12.7. The summed E-state index contributed by atoms with van der Waals surface area (Å²) in [5.41, 5.74) is 1.67. The number of amides is 1. The van der Waals surface area contributed by atoms with Crippen LogP contribution in [0.15, 0.2) is 65.5 Å². The number of nitrogens with one attached hydrogen (secondary N) is 2. The van der Waals surface area contributed by atoms with Gasteiger partial charge in [0.15, 0.2) is 11.5 Å². The van der Waals surface area contributed by atoms with Crippen LogP contribution in [0.5, 0.6) is 11.5 Å². The summed E-state index contributed by atoms with van der Waals surface area (Å²) in [7, 11) is 0. The molecule has 0 radical (unpaired) electrons. The molecule has 1 aromatic heterocycles. The van der Waals surface area contributed by atoms with Crippen molar-refractivity contribution >= 4 is 11.6 Å². The minimum atomic E-state index is -0.484. The number of H-pyrrole nitrogens is 1. The minimum absolute atomic E-state index is 0.0413. The number of pyridine rings is 1. The molecule has 6 nitrogen and oxygen atoms in total. The first-order valence-electron chi connectivity index (χ1n) is 8.20. The number of hydrogen-bond acceptors (Lipinski definition) is 4. The van der Waals surface area contributed by atoms with Crippen molar-refractivity contribution in [3.05, 3.63) is 76.6 Å². The summed E-state index contributed by atoms with van der Waals surface area (Å²) in [6, 6.07) is 17.8. The second kappa shape index (κ2) is 6.76. The quantitative estimate of drug-likeness (QED) is 0.762. The summed E-state index contributed by atoms with van der Waals surface area (Å²) in [6.45, 7) is 0.965. The fraction of sp³-hybridized carbons (Fsp3) is 0.100. The van der Waals surface area contributed by atoms with Gasteiger partial charge in [-0.2, -0.15) is 0 Å². The summed E-state index contributed by atoms with van der Waals surface area (Å²) in [5, 5.41) is 2.71. The zero-order valence-electron chi connectivity index (χ0n) is 13.8. The highest BCUT2D eigenvalue weighted by atomic mass is 16.6. The largest absolute Gasteiger partial charge is 0.486 e. The number of hydrogen-bond donors (Lipinski definition) is 2. The van der Waals surface area contributed by atoms with Gasteiger partial charge >= 0.3 is 0 Å². The van der Waals surface area contributed by atoms with Crippen molar-refractivity contribution in [1.29, 1.82) is 0 Å². The Morgan fingerprint density at radius 1 is 0.923 bits per heavy atom. The lowest BCUT2D eigenvalue weighted by molar-refractivity contribution is 0.102. The average Bonchev–Trinajstić information content (AvgIpc) is 2.68. The van der Waals surface area contributed by atoms with Crippen molar-refractivity contribution in [2.24, 2.45) is 0 Å². The number of benzene rings is 2. The molecule has 0 bridgehead atoms. The highest BCUT2D eigenvalue weighted by Gasteiger charge is 2.15. The van der Waals surface area contributed by atoms with Gasteiger partial charge in [-0.05, 0) is 29.8 Å². The molecule has 2 aromatic carbocycles. The molecule has 0 fully saturated rings. The van der Waals surface area contributed by atoms with E-state index < -0.39 is 11.5 Å². The zero-order chi connectivity index (χ0) is 17.9. The van der Waals surface area contributed by atoms with Crippen LogP contribution in [-0.2, 0) is 0 Å².